The molecule has 0 fully saturated rings. The van der Waals surface area contributed by atoms with E-state index in [9.17, 15) is 0 Å². The molecule has 0 heterocycles. The number of aryl methyl sites for hydroxylation is 6. The molecule has 0 aliphatic heterocycles. The lowest BCUT2D eigenvalue weighted by Crippen LogP contribution is -2.01. The Hall–Kier alpha value is -1.56. The second-order valence-electron chi connectivity index (χ2n) is 5.65. The highest BCUT2D eigenvalue weighted by Crippen LogP contribution is 2.19. The number of benzene rings is 2. The van der Waals surface area contributed by atoms with Crippen molar-refractivity contribution in [3.63, 3.8) is 0 Å². The first-order valence-electron chi connectivity index (χ1n) is 6.88. The van der Waals surface area contributed by atoms with Crippen LogP contribution in [0.25, 0.3) is 0 Å². The smallest absolute Gasteiger partial charge is 0.0238 e. The molecule has 2 aromatic carbocycles. The summed E-state index contributed by atoms with van der Waals surface area (Å²) in [6.07, 6.45) is 4.66. The predicted molar refractivity (Wildman–Crippen MR) is 77.2 cm³/mol. The Morgan fingerprint density at radius 1 is 0.500 bits per heavy atom. The van der Waals surface area contributed by atoms with Gasteiger partial charge in [0.15, 0.2) is 0 Å². The normalized spacial score (nSPS) is 14.3. The number of hydrogen-bond donors (Lipinski definition) is 0. The SMILES string of the molecule is Cc1cc2cc(c1)CCc1cc(C)cc(c1)CC2. The lowest BCUT2D eigenvalue weighted by molar-refractivity contribution is 0.898. The van der Waals surface area contributed by atoms with Crippen molar-refractivity contribution in [2.75, 3.05) is 0 Å². The van der Waals surface area contributed by atoms with Gasteiger partial charge < -0.3 is 0 Å². The fourth-order valence-electron chi connectivity index (χ4n) is 3.05. The highest BCUT2D eigenvalue weighted by molar-refractivity contribution is 5.35. The van der Waals surface area contributed by atoms with Crippen LogP contribution in [-0.2, 0) is 25.7 Å². The number of hydrogen-bond acceptors (Lipinski definition) is 0. The minimum absolute atomic E-state index is 1.16. The molecule has 18 heavy (non-hydrogen) atoms. The molecule has 0 N–H and O–H groups in total. The summed E-state index contributed by atoms with van der Waals surface area (Å²) in [5.74, 6) is 0. The Balaban J connectivity index is 2.01. The lowest BCUT2D eigenvalue weighted by atomic mass is 9.92. The summed E-state index contributed by atoms with van der Waals surface area (Å²) in [6.45, 7) is 4.42. The maximum absolute atomic E-state index is 2.39. The first-order valence-corrected chi connectivity index (χ1v) is 6.88. The lowest BCUT2D eigenvalue weighted by Gasteiger charge is -2.13. The van der Waals surface area contributed by atoms with Gasteiger partial charge in [0.25, 0.3) is 0 Å². The van der Waals surface area contributed by atoms with E-state index in [2.05, 4.69) is 50.2 Å². The van der Waals surface area contributed by atoms with Crippen molar-refractivity contribution in [3.8, 4) is 0 Å². The average molecular weight is 236 g/mol. The molecule has 0 unspecified atom stereocenters. The molecule has 0 atom stereocenters. The van der Waals surface area contributed by atoms with Gasteiger partial charge in [-0.3, -0.25) is 0 Å². The van der Waals surface area contributed by atoms with E-state index in [1.165, 1.54) is 33.4 Å². The van der Waals surface area contributed by atoms with E-state index < -0.39 is 0 Å². The van der Waals surface area contributed by atoms with Crippen LogP contribution in [0.4, 0.5) is 0 Å². The van der Waals surface area contributed by atoms with Crippen molar-refractivity contribution < 1.29 is 0 Å². The highest BCUT2D eigenvalue weighted by Gasteiger charge is 2.06. The fraction of sp³-hybridized carbons (Fsp3) is 0.333. The standard InChI is InChI=1S/C18H20/c1-13-7-15-3-5-17-9-14(2)10-18(12-17)6-4-16(8-13)11-15/h7-12H,3-6H2,1-2H3. The predicted octanol–water partition coefficient (Wildman–Crippen LogP) is 4.19. The molecule has 0 amide bonds. The third kappa shape index (κ3) is 2.48. The first-order chi connectivity index (χ1) is 8.69. The summed E-state index contributed by atoms with van der Waals surface area (Å²) in [7, 11) is 0. The van der Waals surface area contributed by atoms with Crippen LogP contribution in [0, 0.1) is 13.8 Å². The maximum atomic E-state index is 2.39. The van der Waals surface area contributed by atoms with E-state index in [0.717, 1.165) is 25.7 Å². The van der Waals surface area contributed by atoms with Crippen LogP contribution in [0.2, 0.25) is 0 Å². The van der Waals surface area contributed by atoms with E-state index >= 15 is 0 Å². The van der Waals surface area contributed by atoms with Crippen molar-refractivity contribution in [1.82, 2.24) is 0 Å². The van der Waals surface area contributed by atoms with Crippen LogP contribution >= 0.6 is 0 Å². The van der Waals surface area contributed by atoms with Crippen LogP contribution in [-0.4, -0.2) is 0 Å². The first kappa shape index (κ1) is 11.5. The molecule has 0 saturated carbocycles. The Labute approximate surface area is 110 Å². The summed E-state index contributed by atoms with van der Waals surface area (Å²) in [5, 5.41) is 0. The van der Waals surface area contributed by atoms with Crippen molar-refractivity contribution in [3.05, 3.63) is 69.8 Å². The summed E-state index contributed by atoms with van der Waals surface area (Å²) >= 11 is 0. The Bertz CT molecular complexity index is 481. The second kappa shape index (κ2) is 4.61. The van der Waals surface area contributed by atoms with Gasteiger partial charge in [-0.25, -0.2) is 0 Å². The number of rotatable bonds is 0. The molecular formula is C18H20. The topological polar surface area (TPSA) is 0 Å². The van der Waals surface area contributed by atoms with E-state index in [1.807, 2.05) is 0 Å². The Morgan fingerprint density at radius 2 is 0.778 bits per heavy atom. The molecule has 0 heteroatoms. The summed E-state index contributed by atoms with van der Waals surface area (Å²) in [4.78, 5) is 0. The van der Waals surface area contributed by atoms with E-state index in [1.54, 1.807) is 0 Å². The van der Waals surface area contributed by atoms with Gasteiger partial charge in [-0.05, 0) is 61.8 Å². The third-order valence-corrected chi connectivity index (χ3v) is 3.80. The van der Waals surface area contributed by atoms with Gasteiger partial charge in [0.2, 0.25) is 0 Å². The van der Waals surface area contributed by atoms with Crippen LogP contribution in [0.1, 0.15) is 33.4 Å². The minimum atomic E-state index is 1.16. The maximum Gasteiger partial charge on any atom is -0.0238 e. The summed E-state index contributed by atoms with van der Waals surface area (Å²) in [6, 6.07) is 14.1. The van der Waals surface area contributed by atoms with Gasteiger partial charge in [0.1, 0.15) is 0 Å². The van der Waals surface area contributed by atoms with Gasteiger partial charge in [0, 0.05) is 0 Å². The monoisotopic (exact) mass is 236 g/mol. The molecule has 1 aliphatic carbocycles. The van der Waals surface area contributed by atoms with Gasteiger partial charge in [-0.2, -0.15) is 0 Å². The molecule has 3 rings (SSSR count). The third-order valence-electron chi connectivity index (χ3n) is 3.80. The van der Waals surface area contributed by atoms with Gasteiger partial charge in [-0.1, -0.05) is 47.5 Å². The summed E-state index contributed by atoms with van der Waals surface area (Å²) in [5.41, 5.74) is 8.79. The van der Waals surface area contributed by atoms with Crippen molar-refractivity contribution in [2.45, 2.75) is 39.5 Å². The quantitative estimate of drug-likeness (QED) is 0.643. The van der Waals surface area contributed by atoms with Crippen molar-refractivity contribution in [2.24, 2.45) is 0 Å². The zero-order valence-corrected chi connectivity index (χ0v) is 11.3. The average Bonchev–Trinajstić information content (AvgIpc) is 2.32. The highest BCUT2D eigenvalue weighted by atomic mass is 14.1. The van der Waals surface area contributed by atoms with Crippen molar-refractivity contribution in [1.29, 1.82) is 0 Å². The van der Waals surface area contributed by atoms with Crippen LogP contribution in [0.5, 0.6) is 0 Å². The summed E-state index contributed by atoms with van der Waals surface area (Å²) < 4.78 is 0. The molecule has 92 valence electrons. The molecule has 0 radical (unpaired) electrons. The van der Waals surface area contributed by atoms with E-state index in [0.29, 0.717) is 0 Å². The second-order valence-corrected chi connectivity index (χ2v) is 5.65. The molecule has 0 saturated heterocycles. The molecule has 2 aromatic rings. The van der Waals surface area contributed by atoms with E-state index in [-0.39, 0.29) is 0 Å². The van der Waals surface area contributed by atoms with Crippen LogP contribution in [0.3, 0.4) is 0 Å². The molecular weight excluding hydrogens is 216 g/mol. The Morgan fingerprint density at radius 3 is 1.06 bits per heavy atom. The number of fused-ring (bicyclic) bond motifs is 4. The molecule has 0 spiro atoms. The van der Waals surface area contributed by atoms with Crippen LogP contribution in [0.15, 0.2) is 36.4 Å². The molecule has 4 bridgehead atoms. The molecule has 1 aliphatic rings. The fourth-order valence-corrected chi connectivity index (χ4v) is 3.05. The van der Waals surface area contributed by atoms with Gasteiger partial charge in [0.05, 0.1) is 0 Å². The zero-order valence-electron chi connectivity index (χ0n) is 11.3. The molecule has 0 nitrogen and oxygen atoms in total. The van der Waals surface area contributed by atoms with E-state index in [4.69, 9.17) is 0 Å². The van der Waals surface area contributed by atoms with Gasteiger partial charge in [-0.15, -0.1) is 0 Å². The van der Waals surface area contributed by atoms with Crippen LogP contribution < -0.4 is 0 Å². The van der Waals surface area contributed by atoms with Gasteiger partial charge >= 0.3 is 0 Å². The minimum Gasteiger partial charge on any atom is -0.0561 e. The molecule has 0 aromatic heterocycles. The zero-order chi connectivity index (χ0) is 12.5. The Kier molecular flexibility index (Phi) is 2.95. The van der Waals surface area contributed by atoms with Crippen molar-refractivity contribution >= 4 is 0 Å². The largest absolute Gasteiger partial charge is 0.0561 e.